The van der Waals surface area contributed by atoms with Crippen LogP contribution >= 0.6 is 0 Å². The summed E-state index contributed by atoms with van der Waals surface area (Å²) in [6.07, 6.45) is 14.0. The van der Waals surface area contributed by atoms with Gasteiger partial charge in [0.2, 0.25) is 0 Å². The first kappa shape index (κ1) is 22.4. The third-order valence-electron chi connectivity index (χ3n) is 7.76. The molecule has 0 saturated heterocycles. The number of hydrogen-bond acceptors (Lipinski definition) is 0. The fraction of sp³-hybridized carbons (Fsp3) is 0.571. The van der Waals surface area contributed by atoms with E-state index in [1.807, 2.05) is 0 Å². The molecule has 1 unspecified atom stereocenters. The lowest BCUT2D eigenvalue weighted by atomic mass is 9.76. The number of unbranched alkanes of at least 4 members (excludes halogenated alkanes) is 3. The predicted octanol–water partition coefficient (Wildman–Crippen LogP) is 8.62. The molecule has 1 atom stereocenters. The molecule has 0 N–H and O–H groups in total. The van der Waals surface area contributed by atoms with E-state index < -0.39 is 17.5 Å². The van der Waals surface area contributed by atoms with Gasteiger partial charge in [-0.3, -0.25) is 0 Å². The lowest BCUT2D eigenvalue weighted by Gasteiger charge is -2.29. The third kappa shape index (κ3) is 5.18. The van der Waals surface area contributed by atoms with Crippen molar-refractivity contribution in [3.8, 4) is 0 Å². The Morgan fingerprint density at radius 3 is 2.13 bits per heavy atom. The standard InChI is InChI=1S/C28H35F3/c1-2-3-4-5-6-19-7-9-20(10-8-19)21-11-13-22(14-12-21)23-15-16-25-24(17-23)18-26(29)28(31)27(25)30/h11-14,18-20,23H,2-10,15-17H2,1H3. The van der Waals surface area contributed by atoms with Crippen molar-refractivity contribution in [2.75, 3.05) is 0 Å². The van der Waals surface area contributed by atoms with E-state index in [4.69, 9.17) is 0 Å². The largest absolute Gasteiger partial charge is 0.204 e. The Balaban J connectivity index is 1.33. The molecule has 0 aromatic heterocycles. The van der Waals surface area contributed by atoms with Crippen LogP contribution < -0.4 is 0 Å². The van der Waals surface area contributed by atoms with Gasteiger partial charge in [-0.1, -0.05) is 63.3 Å². The molecule has 4 rings (SSSR count). The highest BCUT2D eigenvalue weighted by molar-refractivity contribution is 5.37. The Bertz CT molecular complexity index is 863. The maximum Gasteiger partial charge on any atom is 0.194 e. The smallest absolute Gasteiger partial charge is 0.194 e. The van der Waals surface area contributed by atoms with E-state index in [1.165, 1.54) is 75.0 Å². The first-order valence-corrected chi connectivity index (χ1v) is 12.3. The van der Waals surface area contributed by atoms with Crippen LogP contribution in [0.4, 0.5) is 13.2 Å². The van der Waals surface area contributed by atoms with Crippen molar-refractivity contribution in [3.05, 3.63) is 70.0 Å². The van der Waals surface area contributed by atoms with Crippen molar-refractivity contribution in [1.29, 1.82) is 0 Å². The van der Waals surface area contributed by atoms with Gasteiger partial charge in [0.05, 0.1) is 0 Å². The predicted molar refractivity (Wildman–Crippen MR) is 121 cm³/mol. The molecule has 1 saturated carbocycles. The van der Waals surface area contributed by atoms with Gasteiger partial charge in [0.25, 0.3) is 0 Å². The zero-order valence-corrected chi connectivity index (χ0v) is 18.7. The van der Waals surface area contributed by atoms with Crippen LogP contribution in [0.5, 0.6) is 0 Å². The summed E-state index contributed by atoms with van der Waals surface area (Å²) in [6.45, 7) is 2.27. The van der Waals surface area contributed by atoms with Gasteiger partial charge in [0.1, 0.15) is 0 Å². The summed E-state index contributed by atoms with van der Waals surface area (Å²) in [5.74, 6) is -1.58. The van der Waals surface area contributed by atoms with Crippen LogP contribution in [-0.4, -0.2) is 0 Å². The van der Waals surface area contributed by atoms with Gasteiger partial charge in [-0.25, -0.2) is 13.2 Å². The fourth-order valence-corrected chi connectivity index (χ4v) is 5.79. The lowest BCUT2D eigenvalue weighted by Crippen LogP contribution is -2.16. The summed E-state index contributed by atoms with van der Waals surface area (Å²) >= 11 is 0. The van der Waals surface area contributed by atoms with Gasteiger partial charge in [0, 0.05) is 0 Å². The van der Waals surface area contributed by atoms with Gasteiger partial charge >= 0.3 is 0 Å². The maximum atomic E-state index is 14.0. The highest BCUT2D eigenvalue weighted by Crippen LogP contribution is 2.39. The Labute approximate surface area is 185 Å². The van der Waals surface area contributed by atoms with Crippen molar-refractivity contribution in [2.24, 2.45) is 5.92 Å². The van der Waals surface area contributed by atoms with Crippen LogP contribution in [0.1, 0.15) is 105 Å². The van der Waals surface area contributed by atoms with Gasteiger partial charge in [-0.2, -0.15) is 0 Å². The SMILES string of the molecule is CCCCCCC1CCC(c2ccc(C3CCc4c(cc(F)c(F)c4F)C3)cc2)CC1. The molecule has 2 aromatic rings. The van der Waals surface area contributed by atoms with Gasteiger partial charge < -0.3 is 0 Å². The van der Waals surface area contributed by atoms with E-state index in [9.17, 15) is 13.2 Å². The normalized spacial score (nSPS) is 23.5. The average molecular weight is 429 g/mol. The Hall–Kier alpha value is -1.77. The van der Waals surface area contributed by atoms with Crippen LogP contribution in [0.15, 0.2) is 30.3 Å². The van der Waals surface area contributed by atoms with E-state index in [-0.39, 0.29) is 5.92 Å². The monoisotopic (exact) mass is 428 g/mol. The van der Waals surface area contributed by atoms with Crippen LogP contribution in [0.3, 0.4) is 0 Å². The van der Waals surface area contributed by atoms with Gasteiger partial charge in [0.15, 0.2) is 17.5 Å². The molecule has 0 spiro atoms. The molecule has 31 heavy (non-hydrogen) atoms. The molecule has 1 fully saturated rings. The van der Waals surface area contributed by atoms with E-state index in [2.05, 4.69) is 31.2 Å². The first-order valence-electron chi connectivity index (χ1n) is 12.3. The molecule has 0 radical (unpaired) electrons. The highest BCUT2D eigenvalue weighted by Gasteiger charge is 2.27. The van der Waals surface area contributed by atoms with Gasteiger partial charge in [-0.05, 0) is 91.0 Å². The number of fused-ring (bicyclic) bond motifs is 1. The minimum atomic E-state index is -1.34. The second-order valence-electron chi connectivity index (χ2n) is 9.80. The number of hydrogen-bond donors (Lipinski definition) is 0. The number of rotatable bonds is 7. The van der Waals surface area contributed by atoms with Crippen molar-refractivity contribution >= 4 is 0 Å². The molecule has 2 aliphatic carbocycles. The van der Waals surface area contributed by atoms with E-state index in [1.54, 1.807) is 0 Å². The van der Waals surface area contributed by atoms with E-state index in [0.717, 1.165) is 12.3 Å². The summed E-state index contributed by atoms with van der Waals surface area (Å²) in [4.78, 5) is 0. The maximum absolute atomic E-state index is 14.0. The highest BCUT2D eigenvalue weighted by atomic mass is 19.2. The van der Waals surface area contributed by atoms with Crippen LogP contribution in [0.25, 0.3) is 0 Å². The fourth-order valence-electron chi connectivity index (χ4n) is 5.79. The van der Waals surface area contributed by atoms with Crippen molar-refractivity contribution in [3.63, 3.8) is 0 Å². The van der Waals surface area contributed by atoms with Gasteiger partial charge in [-0.15, -0.1) is 0 Å². The topological polar surface area (TPSA) is 0 Å². The molecule has 0 nitrogen and oxygen atoms in total. The summed E-state index contributed by atoms with van der Waals surface area (Å²) in [5.41, 5.74) is 3.64. The Morgan fingerprint density at radius 1 is 0.774 bits per heavy atom. The molecule has 3 heteroatoms. The van der Waals surface area contributed by atoms with Crippen molar-refractivity contribution in [2.45, 2.75) is 95.8 Å². The molecular weight excluding hydrogens is 393 g/mol. The quantitative estimate of drug-likeness (QED) is 0.306. The zero-order chi connectivity index (χ0) is 21.8. The second-order valence-corrected chi connectivity index (χ2v) is 9.80. The molecule has 0 amide bonds. The zero-order valence-electron chi connectivity index (χ0n) is 18.7. The number of halogens is 3. The molecule has 168 valence electrons. The number of benzene rings is 2. The average Bonchev–Trinajstić information content (AvgIpc) is 2.81. The third-order valence-corrected chi connectivity index (χ3v) is 7.76. The molecule has 2 aromatic carbocycles. The Kier molecular flexibility index (Phi) is 7.40. The summed E-state index contributed by atoms with van der Waals surface area (Å²) < 4.78 is 41.2. The van der Waals surface area contributed by atoms with Crippen LogP contribution in [0.2, 0.25) is 0 Å². The van der Waals surface area contributed by atoms with E-state index >= 15 is 0 Å². The van der Waals surface area contributed by atoms with Crippen LogP contribution in [0, 0.1) is 23.4 Å². The minimum absolute atomic E-state index is 0.240. The van der Waals surface area contributed by atoms with E-state index in [0.29, 0.717) is 29.9 Å². The minimum Gasteiger partial charge on any atom is -0.204 e. The molecule has 0 heterocycles. The lowest BCUT2D eigenvalue weighted by molar-refractivity contribution is 0.302. The second kappa shape index (κ2) is 10.2. The van der Waals surface area contributed by atoms with Crippen molar-refractivity contribution in [1.82, 2.24) is 0 Å². The van der Waals surface area contributed by atoms with Crippen molar-refractivity contribution < 1.29 is 13.2 Å². The molecule has 0 bridgehead atoms. The Morgan fingerprint density at radius 2 is 1.45 bits per heavy atom. The summed E-state index contributed by atoms with van der Waals surface area (Å²) in [5, 5.41) is 0. The summed E-state index contributed by atoms with van der Waals surface area (Å²) in [6, 6.07) is 10.1. The summed E-state index contributed by atoms with van der Waals surface area (Å²) in [7, 11) is 0. The molecule has 2 aliphatic rings. The van der Waals surface area contributed by atoms with Crippen LogP contribution in [-0.2, 0) is 12.8 Å². The molecular formula is C28H35F3. The first-order chi connectivity index (χ1) is 15.1. The molecule has 0 aliphatic heterocycles.